The van der Waals surface area contributed by atoms with Crippen molar-refractivity contribution in [3.05, 3.63) is 41.6 Å². The SMILES string of the molecule is Fc1cc(C(F)(F)F)ccc1-c1cn(CCN2CCCC2)c(C2CCNCC2)n1. The second-order valence-electron chi connectivity index (χ2n) is 7.94. The molecule has 8 heteroatoms. The van der Waals surface area contributed by atoms with Crippen LogP contribution in [0.1, 0.15) is 43.0 Å². The molecule has 2 aliphatic heterocycles. The molecule has 4 rings (SSSR count). The quantitative estimate of drug-likeness (QED) is 0.748. The highest BCUT2D eigenvalue weighted by Crippen LogP contribution is 2.34. The molecule has 158 valence electrons. The smallest absolute Gasteiger partial charge is 0.333 e. The summed E-state index contributed by atoms with van der Waals surface area (Å²) in [7, 11) is 0. The summed E-state index contributed by atoms with van der Waals surface area (Å²) < 4.78 is 55.2. The fourth-order valence-electron chi connectivity index (χ4n) is 4.30. The molecule has 1 aromatic heterocycles. The molecule has 2 aromatic rings. The van der Waals surface area contributed by atoms with Gasteiger partial charge in [0.1, 0.15) is 11.6 Å². The van der Waals surface area contributed by atoms with E-state index in [1.807, 2.05) is 0 Å². The van der Waals surface area contributed by atoms with Gasteiger partial charge in [-0.2, -0.15) is 13.2 Å². The van der Waals surface area contributed by atoms with Crippen molar-refractivity contribution in [2.75, 3.05) is 32.7 Å². The lowest BCUT2D eigenvalue weighted by Gasteiger charge is -2.24. The van der Waals surface area contributed by atoms with Gasteiger partial charge in [0.25, 0.3) is 0 Å². The molecule has 1 aromatic carbocycles. The first-order valence-electron chi connectivity index (χ1n) is 10.3. The first kappa shape index (κ1) is 20.3. The molecule has 0 unspecified atom stereocenters. The van der Waals surface area contributed by atoms with Crippen LogP contribution in [0.25, 0.3) is 11.3 Å². The van der Waals surface area contributed by atoms with Crippen molar-refractivity contribution in [2.45, 2.75) is 44.3 Å². The van der Waals surface area contributed by atoms with Gasteiger partial charge < -0.3 is 14.8 Å². The van der Waals surface area contributed by atoms with E-state index in [-0.39, 0.29) is 11.5 Å². The summed E-state index contributed by atoms with van der Waals surface area (Å²) in [5, 5.41) is 3.34. The molecule has 0 atom stereocenters. The Morgan fingerprint density at radius 1 is 1.07 bits per heavy atom. The number of halogens is 4. The normalized spacial score (nSPS) is 19.2. The van der Waals surface area contributed by atoms with Crippen LogP contribution in [0, 0.1) is 5.82 Å². The number of imidazole rings is 1. The van der Waals surface area contributed by atoms with Crippen molar-refractivity contribution >= 4 is 0 Å². The van der Waals surface area contributed by atoms with E-state index >= 15 is 0 Å². The lowest BCUT2D eigenvalue weighted by molar-refractivity contribution is -0.137. The van der Waals surface area contributed by atoms with Gasteiger partial charge in [-0.15, -0.1) is 0 Å². The standard InChI is InChI=1S/C21H26F4N4/c22-18-13-16(21(23,24)25)3-4-17(18)19-14-29(12-11-28-9-1-2-10-28)20(27-19)15-5-7-26-8-6-15/h3-4,13-15,26H,1-2,5-12H2. The van der Waals surface area contributed by atoms with Gasteiger partial charge in [-0.3, -0.25) is 0 Å². The van der Waals surface area contributed by atoms with Crippen molar-refractivity contribution in [1.82, 2.24) is 19.8 Å². The van der Waals surface area contributed by atoms with E-state index < -0.39 is 17.6 Å². The molecule has 2 saturated heterocycles. The van der Waals surface area contributed by atoms with Gasteiger partial charge in [-0.25, -0.2) is 9.37 Å². The van der Waals surface area contributed by atoms with E-state index in [1.165, 1.54) is 18.9 Å². The first-order chi connectivity index (χ1) is 13.9. The topological polar surface area (TPSA) is 33.1 Å². The number of likely N-dealkylation sites (tertiary alicyclic amines) is 1. The molecule has 1 N–H and O–H groups in total. The molecule has 29 heavy (non-hydrogen) atoms. The van der Waals surface area contributed by atoms with E-state index in [0.717, 1.165) is 64.0 Å². The Balaban J connectivity index is 1.62. The minimum absolute atomic E-state index is 0.119. The number of nitrogens with zero attached hydrogens (tertiary/aromatic N) is 3. The predicted molar refractivity (Wildman–Crippen MR) is 103 cm³/mol. The molecular weight excluding hydrogens is 384 g/mol. The third-order valence-electron chi connectivity index (χ3n) is 5.94. The summed E-state index contributed by atoms with van der Waals surface area (Å²) in [4.78, 5) is 7.10. The van der Waals surface area contributed by atoms with Gasteiger partial charge in [-0.05, 0) is 70.1 Å². The van der Waals surface area contributed by atoms with Crippen LogP contribution in [-0.2, 0) is 12.7 Å². The van der Waals surface area contributed by atoms with Crippen LogP contribution in [0.2, 0.25) is 0 Å². The number of hydrogen-bond acceptors (Lipinski definition) is 3. The van der Waals surface area contributed by atoms with Crippen molar-refractivity contribution in [3.63, 3.8) is 0 Å². The fraction of sp³-hybridized carbons (Fsp3) is 0.571. The molecule has 0 aliphatic carbocycles. The van der Waals surface area contributed by atoms with Crippen LogP contribution in [0.3, 0.4) is 0 Å². The molecule has 0 amide bonds. The monoisotopic (exact) mass is 410 g/mol. The molecule has 0 saturated carbocycles. The van der Waals surface area contributed by atoms with Crippen LogP contribution in [0.4, 0.5) is 17.6 Å². The Labute approximate surface area is 167 Å². The number of nitrogens with one attached hydrogen (secondary N) is 1. The predicted octanol–water partition coefficient (Wildman–Crippen LogP) is 4.27. The zero-order chi connectivity index (χ0) is 20.4. The van der Waals surface area contributed by atoms with Crippen molar-refractivity contribution < 1.29 is 17.6 Å². The summed E-state index contributed by atoms with van der Waals surface area (Å²) >= 11 is 0. The Morgan fingerprint density at radius 2 is 1.79 bits per heavy atom. The average Bonchev–Trinajstić information content (AvgIpc) is 3.36. The Kier molecular flexibility index (Phi) is 5.92. The lowest BCUT2D eigenvalue weighted by Crippen LogP contribution is -2.29. The number of rotatable bonds is 5. The van der Waals surface area contributed by atoms with Crippen LogP contribution in [0.15, 0.2) is 24.4 Å². The third-order valence-corrected chi connectivity index (χ3v) is 5.94. The minimum atomic E-state index is -4.56. The maximum atomic E-state index is 14.5. The van der Waals surface area contributed by atoms with Gasteiger partial charge in [0.15, 0.2) is 0 Å². The Hall–Kier alpha value is -1.93. The van der Waals surface area contributed by atoms with Gasteiger partial charge in [-0.1, -0.05) is 0 Å². The van der Waals surface area contributed by atoms with Crippen molar-refractivity contribution in [3.8, 4) is 11.3 Å². The summed E-state index contributed by atoms with van der Waals surface area (Å²) in [6.07, 6.45) is 1.58. The summed E-state index contributed by atoms with van der Waals surface area (Å²) in [5.41, 5.74) is -0.454. The number of hydrogen-bond donors (Lipinski definition) is 1. The second kappa shape index (κ2) is 8.44. The summed E-state index contributed by atoms with van der Waals surface area (Å²) in [6.45, 7) is 5.68. The van der Waals surface area contributed by atoms with E-state index in [0.29, 0.717) is 11.8 Å². The second-order valence-corrected chi connectivity index (χ2v) is 7.94. The van der Waals surface area contributed by atoms with E-state index in [4.69, 9.17) is 4.98 Å². The minimum Gasteiger partial charge on any atom is -0.333 e. The van der Waals surface area contributed by atoms with Gasteiger partial charge in [0.2, 0.25) is 0 Å². The molecule has 0 bridgehead atoms. The van der Waals surface area contributed by atoms with E-state index in [9.17, 15) is 17.6 Å². The van der Waals surface area contributed by atoms with Crippen LogP contribution >= 0.6 is 0 Å². The number of piperidine rings is 1. The third kappa shape index (κ3) is 4.64. The highest BCUT2D eigenvalue weighted by molar-refractivity contribution is 5.60. The zero-order valence-electron chi connectivity index (χ0n) is 16.3. The van der Waals surface area contributed by atoms with Crippen LogP contribution in [-0.4, -0.2) is 47.2 Å². The maximum Gasteiger partial charge on any atom is 0.416 e. The fourth-order valence-corrected chi connectivity index (χ4v) is 4.30. The van der Waals surface area contributed by atoms with Crippen LogP contribution in [0.5, 0.6) is 0 Å². The number of alkyl halides is 3. The number of benzene rings is 1. The highest BCUT2D eigenvalue weighted by atomic mass is 19.4. The molecule has 3 heterocycles. The lowest BCUT2D eigenvalue weighted by atomic mass is 9.97. The molecular formula is C21H26F4N4. The Morgan fingerprint density at radius 3 is 2.45 bits per heavy atom. The zero-order valence-corrected chi connectivity index (χ0v) is 16.3. The van der Waals surface area contributed by atoms with Crippen LogP contribution < -0.4 is 5.32 Å². The Bertz CT molecular complexity index is 834. The van der Waals surface area contributed by atoms with Gasteiger partial charge in [0, 0.05) is 30.8 Å². The first-order valence-corrected chi connectivity index (χ1v) is 10.3. The summed E-state index contributed by atoms with van der Waals surface area (Å²) in [5.74, 6) is 0.307. The maximum absolute atomic E-state index is 14.5. The largest absolute Gasteiger partial charge is 0.416 e. The van der Waals surface area contributed by atoms with E-state index in [2.05, 4.69) is 14.8 Å². The molecule has 2 fully saturated rings. The number of aromatic nitrogens is 2. The van der Waals surface area contributed by atoms with Crippen molar-refractivity contribution in [2.24, 2.45) is 0 Å². The molecule has 0 spiro atoms. The highest BCUT2D eigenvalue weighted by Gasteiger charge is 2.31. The molecule has 0 radical (unpaired) electrons. The van der Waals surface area contributed by atoms with Gasteiger partial charge >= 0.3 is 6.18 Å². The average molecular weight is 410 g/mol. The molecule has 4 nitrogen and oxygen atoms in total. The van der Waals surface area contributed by atoms with Gasteiger partial charge in [0.05, 0.1) is 11.3 Å². The molecule has 2 aliphatic rings. The van der Waals surface area contributed by atoms with E-state index in [1.54, 1.807) is 6.20 Å². The summed E-state index contributed by atoms with van der Waals surface area (Å²) in [6, 6.07) is 2.67. The van der Waals surface area contributed by atoms with Crippen molar-refractivity contribution in [1.29, 1.82) is 0 Å².